The molecule has 3 heteroatoms. The molecule has 2 atom stereocenters. The van der Waals surface area contributed by atoms with Gasteiger partial charge in [-0.15, -0.1) is 0 Å². The van der Waals surface area contributed by atoms with Gasteiger partial charge in [-0.2, -0.15) is 0 Å². The highest BCUT2D eigenvalue weighted by molar-refractivity contribution is 4.80. The number of piperazine rings is 1. The van der Waals surface area contributed by atoms with Crippen LogP contribution in [0.15, 0.2) is 0 Å². The first kappa shape index (κ1) is 18.2. The molecule has 2 saturated heterocycles. The summed E-state index contributed by atoms with van der Waals surface area (Å²) < 4.78 is 0. The molecule has 2 aliphatic heterocycles. The highest BCUT2D eigenvalue weighted by atomic mass is 15.3. The van der Waals surface area contributed by atoms with Crippen molar-refractivity contribution in [1.82, 2.24) is 14.7 Å². The summed E-state index contributed by atoms with van der Waals surface area (Å²) in [4.78, 5) is 7.82. The monoisotopic (exact) mass is 309 g/mol. The maximum Gasteiger partial charge on any atom is 0.0113 e. The predicted octanol–water partition coefficient (Wildman–Crippen LogP) is 3.16. The predicted molar refractivity (Wildman–Crippen MR) is 96.4 cm³/mol. The van der Waals surface area contributed by atoms with E-state index in [-0.39, 0.29) is 0 Å². The van der Waals surface area contributed by atoms with Gasteiger partial charge in [0.25, 0.3) is 0 Å². The molecule has 2 fully saturated rings. The van der Waals surface area contributed by atoms with Crippen LogP contribution in [-0.4, -0.2) is 73.1 Å². The lowest BCUT2D eigenvalue weighted by molar-refractivity contribution is 0.0760. The summed E-state index contributed by atoms with van der Waals surface area (Å²) in [6.45, 7) is 17.3. The highest BCUT2D eigenvalue weighted by Gasteiger charge is 2.25. The fourth-order valence-electron chi connectivity index (χ4n) is 4.21. The molecule has 2 heterocycles. The summed E-state index contributed by atoms with van der Waals surface area (Å²) >= 11 is 0. The molecule has 130 valence electrons. The maximum absolute atomic E-state index is 2.72. The van der Waals surface area contributed by atoms with Crippen molar-refractivity contribution in [3.05, 3.63) is 0 Å². The van der Waals surface area contributed by atoms with Gasteiger partial charge in [-0.3, -0.25) is 9.80 Å². The Bertz CT molecular complexity index is 302. The zero-order chi connectivity index (χ0) is 16.1. The molecule has 0 N–H and O–H groups in total. The van der Waals surface area contributed by atoms with Gasteiger partial charge in [-0.25, -0.2) is 0 Å². The number of hydrogen-bond acceptors (Lipinski definition) is 3. The zero-order valence-electron chi connectivity index (χ0n) is 15.7. The van der Waals surface area contributed by atoms with Crippen molar-refractivity contribution in [3.8, 4) is 0 Å². The van der Waals surface area contributed by atoms with Crippen molar-refractivity contribution in [3.63, 3.8) is 0 Å². The lowest BCUT2D eigenvalue weighted by atomic mass is 9.82. The van der Waals surface area contributed by atoms with Crippen molar-refractivity contribution < 1.29 is 0 Å². The number of piperidine rings is 1. The molecule has 1 unspecified atom stereocenters. The molecule has 2 aliphatic rings. The number of rotatable bonds is 6. The largest absolute Gasteiger partial charge is 0.306 e. The summed E-state index contributed by atoms with van der Waals surface area (Å²) in [7, 11) is 2.26. The summed E-state index contributed by atoms with van der Waals surface area (Å²) in [6, 6.07) is 1.48. The second-order valence-corrected chi connectivity index (χ2v) is 8.21. The van der Waals surface area contributed by atoms with E-state index < -0.39 is 0 Å². The molecule has 0 aliphatic carbocycles. The standard InChI is InChI=1S/C19H39N3/c1-16(2)21-12-14-22(15-13-21)18(4)7-6-17(3)19-8-10-20(5)11-9-19/h16-19H,6-15H2,1-5H3/t17?,18-/m0/s1. The van der Waals surface area contributed by atoms with E-state index in [0.29, 0.717) is 6.04 Å². The number of likely N-dealkylation sites (tertiary alicyclic amines) is 1. The first-order valence-electron chi connectivity index (χ1n) is 9.64. The topological polar surface area (TPSA) is 9.72 Å². The van der Waals surface area contributed by atoms with Crippen LogP contribution < -0.4 is 0 Å². The second-order valence-electron chi connectivity index (χ2n) is 8.21. The third-order valence-corrected chi connectivity index (χ3v) is 6.31. The first-order valence-corrected chi connectivity index (χ1v) is 9.64. The van der Waals surface area contributed by atoms with E-state index in [1.165, 1.54) is 65.0 Å². The van der Waals surface area contributed by atoms with Gasteiger partial charge in [0, 0.05) is 38.3 Å². The number of nitrogens with zero attached hydrogens (tertiary/aromatic N) is 3. The molecule has 0 spiro atoms. The summed E-state index contributed by atoms with van der Waals surface area (Å²) in [5.41, 5.74) is 0. The Morgan fingerprint density at radius 1 is 0.773 bits per heavy atom. The minimum absolute atomic E-state index is 0.710. The van der Waals surface area contributed by atoms with Crippen LogP contribution >= 0.6 is 0 Å². The van der Waals surface area contributed by atoms with E-state index in [0.717, 1.165) is 17.9 Å². The second kappa shape index (κ2) is 8.65. The summed E-state index contributed by atoms with van der Waals surface area (Å²) in [5.74, 6) is 1.88. The Balaban J connectivity index is 1.66. The fourth-order valence-corrected chi connectivity index (χ4v) is 4.21. The molecule has 3 nitrogen and oxygen atoms in total. The molecule has 0 aromatic heterocycles. The SMILES string of the molecule is CC(CC[C@H](C)N1CCN(C(C)C)CC1)C1CCN(C)CC1. The molecule has 0 aromatic carbocycles. The molecule has 0 bridgehead atoms. The quantitative estimate of drug-likeness (QED) is 0.746. The third-order valence-electron chi connectivity index (χ3n) is 6.31. The van der Waals surface area contributed by atoms with Crippen molar-refractivity contribution >= 4 is 0 Å². The Morgan fingerprint density at radius 3 is 1.86 bits per heavy atom. The molecule has 2 rings (SSSR count). The van der Waals surface area contributed by atoms with Gasteiger partial charge in [-0.1, -0.05) is 6.92 Å². The zero-order valence-corrected chi connectivity index (χ0v) is 15.7. The Kier molecular flexibility index (Phi) is 7.17. The minimum atomic E-state index is 0.710. The van der Waals surface area contributed by atoms with Gasteiger partial charge in [-0.05, 0) is 78.4 Å². The third kappa shape index (κ3) is 5.21. The van der Waals surface area contributed by atoms with Gasteiger partial charge in [0.15, 0.2) is 0 Å². The normalized spacial score (nSPS) is 26.5. The minimum Gasteiger partial charge on any atom is -0.306 e. The van der Waals surface area contributed by atoms with Gasteiger partial charge in [0.2, 0.25) is 0 Å². The molecule has 0 amide bonds. The van der Waals surface area contributed by atoms with E-state index >= 15 is 0 Å². The molecule has 0 aromatic rings. The van der Waals surface area contributed by atoms with Crippen molar-refractivity contribution in [1.29, 1.82) is 0 Å². The van der Waals surface area contributed by atoms with Gasteiger partial charge in [0.1, 0.15) is 0 Å². The van der Waals surface area contributed by atoms with Crippen LogP contribution in [0, 0.1) is 11.8 Å². The van der Waals surface area contributed by atoms with Crippen LogP contribution in [0.4, 0.5) is 0 Å². The average molecular weight is 310 g/mol. The van der Waals surface area contributed by atoms with E-state index in [2.05, 4.69) is 49.4 Å². The summed E-state index contributed by atoms with van der Waals surface area (Å²) in [6.07, 6.45) is 5.63. The Morgan fingerprint density at radius 2 is 1.32 bits per heavy atom. The van der Waals surface area contributed by atoms with Crippen LogP contribution in [0.2, 0.25) is 0 Å². The highest BCUT2D eigenvalue weighted by Crippen LogP contribution is 2.28. The van der Waals surface area contributed by atoms with Crippen molar-refractivity contribution in [2.24, 2.45) is 11.8 Å². The smallest absolute Gasteiger partial charge is 0.0113 e. The van der Waals surface area contributed by atoms with Gasteiger partial charge >= 0.3 is 0 Å². The van der Waals surface area contributed by atoms with Crippen LogP contribution in [-0.2, 0) is 0 Å². The molecular formula is C19H39N3. The van der Waals surface area contributed by atoms with Gasteiger partial charge < -0.3 is 4.90 Å². The van der Waals surface area contributed by atoms with Crippen molar-refractivity contribution in [2.45, 2.75) is 65.5 Å². The van der Waals surface area contributed by atoms with E-state index in [1.807, 2.05) is 0 Å². The molecular weight excluding hydrogens is 270 g/mol. The lowest BCUT2D eigenvalue weighted by Crippen LogP contribution is -2.51. The average Bonchev–Trinajstić information content (AvgIpc) is 2.53. The maximum atomic E-state index is 2.72. The summed E-state index contributed by atoms with van der Waals surface area (Å²) in [5, 5.41) is 0. The van der Waals surface area contributed by atoms with Crippen molar-refractivity contribution in [2.75, 3.05) is 46.3 Å². The van der Waals surface area contributed by atoms with E-state index in [4.69, 9.17) is 0 Å². The molecule has 0 radical (unpaired) electrons. The van der Waals surface area contributed by atoms with Crippen LogP contribution in [0.5, 0.6) is 0 Å². The van der Waals surface area contributed by atoms with Crippen LogP contribution in [0.3, 0.4) is 0 Å². The van der Waals surface area contributed by atoms with E-state index in [9.17, 15) is 0 Å². The Hall–Kier alpha value is -0.120. The molecule has 0 saturated carbocycles. The van der Waals surface area contributed by atoms with Crippen LogP contribution in [0.1, 0.15) is 53.4 Å². The number of hydrogen-bond donors (Lipinski definition) is 0. The fraction of sp³-hybridized carbons (Fsp3) is 1.00. The lowest BCUT2D eigenvalue weighted by Gasteiger charge is -2.40. The molecule has 22 heavy (non-hydrogen) atoms. The van der Waals surface area contributed by atoms with E-state index in [1.54, 1.807) is 0 Å². The van der Waals surface area contributed by atoms with Gasteiger partial charge in [0.05, 0.1) is 0 Å². The van der Waals surface area contributed by atoms with Crippen LogP contribution in [0.25, 0.3) is 0 Å². The first-order chi connectivity index (χ1) is 10.5. The Labute approximate surface area is 139 Å².